The molecule has 5 aromatic rings. The molecular formula is C33H30N2O2. The molecule has 184 valence electrons. The third kappa shape index (κ3) is 3.69. The number of imidazole rings is 1. The zero-order valence-electron chi connectivity index (χ0n) is 21.0. The van der Waals surface area contributed by atoms with E-state index in [9.17, 15) is 9.59 Å². The number of carbonyl (C=O) groups is 2. The highest BCUT2D eigenvalue weighted by Gasteiger charge is 2.29. The fourth-order valence-corrected chi connectivity index (χ4v) is 6.84. The first-order valence-electron chi connectivity index (χ1n) is 13.6. The lowest BCUT2D eigenvalue weighted by atomic mass is 9.75. The van der Waals surface area contributed by atoms with Crippen LogP contribution in [0.4, 0.5) is 0 Å². The summed E-state index contributed by atoms with van der Waals surface area (Å²) in [7, 11) is 0. The maximum absolute atomic E-state index is 12.1. The van der Waals surface area contributed by atoms with Crippen LogP contribution in [-0.4, -0.2) is 21.0 Å². The van der Waals surface area contributed by atoms with Crippen molar-refractivity contribution in [2.75, 3.05) is 0 Å². The molecule has 0 amide bonds. The van der Waals surface area contributed by atoms with Gasteiger partial charge in [-0.15, -0.1) is 0 Å². The van der Waals surface area contributed by atoms with Crippen molar-refractivity contribution in [1.82, 2.24) is 9.38 Å². The van der Waals surface area contributed by atoms with Crippen molar-refractivity contribution in [2.45, 2.75) is 63.2 Å². The van der Waals surface area contributed by atoms with Crippen LogP contribution in [0.1, 0.15) is 74.3 Å². The Morgan fingerprint density at radius 2 is 1.16 bits per heavy atom. The lowest BCUT2D eigenvalue weighted by Gasteiger charge is -2.29. The molecule has 2 heterocycles. The topological polar surface area (TPSA) is 51.4 Å². The van der Waals surface area contributed by atoms with E-state index in [0.717, 1.165) is 47.9 Å². The SMILES string of the molecule is O=C1CCC(c2cccc(C3CCC(=O)CC3)c2-c2cnc3c4ccccc4c4ccccc4n23)CC1. The number of rotatable bonds is 3. The van der Waals surface area contributed by atoms with Gasteiger partial charge >= 0.3 is 0 Å². The van der Waals surface area contributed by atoms with E-state index in [0.29, 0.717) is 49.1 Å². The van der Waals surface area contributed by atoms with Crippen LogP contribution in [0.25, 0.3) is 38.6 Å². The normalized spacial score (nSPS) is 17.8. The summed E-state index contributed by atoms with van der Waals surface area (Å²) in [4.78, 5) is 29.2. The van der Waals surface area contributed by atoms with Crippen LogP contribution < -0.4 is 0 Å². The number of fused-ring (bicyclic) bond motifs is 6. The standard InChI is InChI=1S/C33H30N2O2/c36-23-16-12-21(13-17-23)25-9-5-10-26(22-14-18-24(37)19-15-22)32(25)31-20-34-33-29-8-2-1-6-27(29)28-7-3-4-11-30(28)35(31)33/h1-11,20-22H,12-19H2. The predicted octanol–water partition coefficient (Wildman–Crippen LogP) is 7.76. The van der Waals surface area contributed by atoms with E-state index in [1.807, 2.05) is 0 Å². The molecule has 4 nitrogen and oxygen atoms in total. The average Bonchev–Trinajstić information content (AvgIpc) is 3.39. The molecule has 0 radical (unpaired) electrons. The summed E-state index contributed by atoms with van der Waals surface area (Å²) in [5.41, 5.74) is 7.19. The summed E-state index contributed by atoms with van der Waals surface area (Å²) in [6.45, 7) is 0. The second-order valence-corrected chi connectivity index (χ2v) is 10.8. The summed E-state index contributed by atoms with van der Waals surface area (Å²) in [5.74, 6) is 1.48. The Morgan fingerprint density at radius 3 is 1.78 bits per heavy atom. The van der Waals surface area contributed by atoms with Crippen LogP contribution in [0.2, 0.25) is 0 Å². The Labute approximate surface area is 216 Å². The van der Waals surface area contributed by atoms with Gasteiger partial charge in [0.25, 0.3) is 0 Å². The average molecular weight is 487 g/mol. The van der Waals surface area contributed by atoms with Gasteiger partial charge < -0.3 is 0 Å². The number of benzene rings is 3. The Morgan fingerprint density at radius 1 is 0.622 bits per heavy atom. The highest BCUT2D eigenvalue weighted by molar-refractivity contribution is 6.12. The zero-order chi connectivity index (χ0) is 24.9. The van der Waals surface area contributed by atoms with Crippen molar-refractivity contribution < 1.29 is 9.59 Å². The van der Waals surface area contributed by atoms with E-state index in [1.54, 1.807) is 0 Å². The number of carbonyl (C=O) groups excluding carboxylic acids is 2. The quantitative estimate of drug-likeness (QED) is 0.245. The Hall–Kier alpha value is -3.79. The number of pyridine rings is 1. The van der Waals surface area contributed by atoms with Crippen LogP contribution >= 0.6 is 0 Å². The summed E-state index contributed by atoms with van der Waals surface area (Å²) in [6.07, 6.45) is 8.30. The van der Waals surface area contributed by atoms with E-state index in [4.69, 9.17) is 4.98 Å². The maximum atomic E-state index is 12.1. The fraction of sp³-hybridized carbons (Fsp3) is 0.303. The molecule has 0 atom stereocenters. The van der Waals surface area contributed by atoms with Crippen molar-refractivity contribution in [3.63, 3.8) is 0 Å². The minimum Gasteiger partial charge on any atom is -0.300 e. The molecule has 0 N–H and O–H groups in total. The Kier molecular flexibility index (Phi) is 5.42. The second-order valence-electron chi connectivity index (χ2n) is 10.8. The van der Waals surface area contributed by atoms with Gasteiger partial charge in [-0.3, -0.25) is 14.0 Å². The molecule has 4 heteroatoms. The second kappa shape index (κ2) is 8.95. The number of Topliss-reactive ketones (excluding diaryl/α,β-unsaturated/α-hetero) is 2. The first-order valence-corrected chi connectivity index (χ1v) is 13.6. The summed E-state index contributed by atoms with van der Waals surface area (Å²) in [6, 6.07) is 23.9. The zero-order valence-corrected chi connectivity index (χ0v) is 21.0. The van der Waals surface area contributed by atoms with Gasteiger partial charge in [-0.1, -0.05) is 60.7 Å². The van der Waals surface area contributed by atoms with Crippen molar-refractivity contribution >= 4 is 38.9 Å². The predicted molar refractivity (Wildman–Crippen MR) is 148 cm³/mol. The van der Waals surface area contributed by atoms with Crippen LogP contribution in [0.15, 0.2) is 72.9 Å². The molecule has 2 fully saturated rings. The van der Waals surface area contributed by atoms with Crippen molar-refractivity contribution in [3.8, 4) is 11.3 Å². The van der Waals surface area contributed by atoms with Crippen molar-refractivity contribution in [2.24, 2.45) is 0 Å². The van der Waals surface area contributed by atoms with Crippen molar-refractivity contribution in [3.05, 3.63) is 84.1 Å². The lowest BCUT2D eigenvalue weighted by Crippen LogP contribution is -2.16. The first kappa shape index (κ1) is 22.4. The smallest absolute Gasteiger partial charge is 0.145 e. The number of aromatic nitrogens is 2. The van der Waals surface area contributed by atoms with E-state index in [1.165, 1.54) is 27.5 Å². The Balaban J connectivity index is 1.53. The van der Waals surface area contributed by atoms with Crippen LogP contribution in [0.5, 0.6) is 0 Å². The maximum Gasteiger partial charge on any atom is 0.145 e. The number of ketones is 2. The molecule has 7 rings (SSSR count). The van der Waals surface area contributed by atoms with Gasteiger partial charge in [0.1, 0.15) is 17.2 Å². The third-order valence-electron chi connectivity index (χ3n) is 8.72. The van der Waals surface area contributed by atoms with Gasteiger partial charge in [0.05, 0.1) is 17.4 Å². The minimum absolute atomic E-state index is 0.357. The highest BCUT2D eigenvalue weighted by Crippen LogP contribution is 2.45. The summed E-state index contributed by atoms with van der Waals surface area (Å²) in [5, 5.41) is 3.58. The lowest BCUT2D eigenvalue weighted by molar-refractivity contribution is -0.121. The van der Waals surface area contributed by atoms with E-state index >= 15 is 0 Å². The molecule has 37 heavy (non-hydrogen) atoms. The van der Waals surface area contributed by atoms with E-state index < -0.39 is 0 Å². The van der Waals surface area contributed by atoms with Crippen LogP contribution in [0.3, 0.4) is 0 Å². The molecule has 3 aromatic carbocycles. The summed E-state index contributed by atoms with van der Waals surface area (Å²) >= 11 is 0. The van der Waals surface area contributed by atoms with Crippen LogP contribution in [-0.2, 0) is 9.59 Å². The summed E-state index contributed by atoms with van der Waals surface area (Å²) < 4.78 is 2.35. The largest absolute Gasteiger partial charge is 0.300 e. The third-order valence-corrected chi connectivity index (χ3v) is 8.72. The molecule has 2 aromatic heterocycles. The Bertz CT molecular complexity index is 1630. The van der Waals surface area contributed by atoms with Crippen molar-refractivity contribution in [1.29, 1.82) is 0 Å². The molecule has 2 saturated carbocycles. The van der Waals surface area contributed by atoms with Gasteiger partial charge in [0.15, 0.2) is 0 Å². The first-order chi connectivity index (χ1) is 18.2. The molecular weight excluding hydrogens is 456 g/mol. The minimum atomic E-state index is 0.357. The van der Waals surface area contributed by atoms with Gasteiger partial charge in [-0.2, -0.15) is 0 Å². The number of hydrogen-bond acceptors (Lipinski definition) is 3. The molecule has 0 saturated heterocycles. The van der Waals surface area contributed by atoms with Crippen LogP contribution in [0, 0.1) is 0 Å². The molecule has 0 unspecified atom stereocenters. The number of hydrogen-bond donors (Lipinski definition) is 0. The fourth-order valence-electron chi connectivity index (χ4n) is 6.84. The van der Waals surface area contributed by atoms with Gasteiger partial charge in [0, 0.05) is 42.0 Å². The highest BCUT2D eigenvalue weighted by atomic mass is 16.1. The van der Waals surface area contributed by atoms with Gasteiger partial charge in [-0.25, -0.2) is 4.98 Å². The van der Waals surface area contributed by atoms with E-state index in [2.05, 4.69) is 77.3 Å². The molecule has 0 bridgehead atoms. The molecule has 0 spiro atoms. The van der Waals surface area contributed by atoms with Gasteiger partial charge in [0.2, 0.25) is 0 Å². The molecule has 2 aliphatic rings. The van der Waals surface area contributed by atoms with E-state index in [-0.39, 0.29) is 0 Å². The number of nitrogens with zero attached hydrogens (tertiary/aromatic N) is 2. The number of para-hydroxylation sites is 1. The van der Waals surface area contributed by atoms with Gasteiger partial charge in [-0.05, 0) is 60.1 Å². The molecule has 0 aliphatic heterocycles. The molecule has 2 aliphatic carbocycles. The monoisotopic (exact) mass is 486 g/mol.